The lowest BCUT2D eigenvalue weighted by atomic mass is 9.80. The van der Waals surface area contributed by atoms with Crippen LogP contribution < -0.4 is 0 Å². The fraction of sp³-hybridized carbons (Fsp3) is 0.250. The predicted molar refractivity (Wildman–Crippen MR) is 95.3 cm³/mol. The number of fused-ring (bicyclic) bond motifs is 1. The Kier molecular flexibility index (Phi) is 4.47. The molecule has 132 valence electrons. The zero-order chi connectivity index (χ0) is 18.9. The van der Waals surface area contributed by atoms with Gasteiger partial charge in [-0.15, -0.1) is 0 Å². The number of ether oxygens (including phenoxy) is 1. The molecule has 0 atom stereocenters. The number of aromatic nitrogens is 2. The number of nitriles is 1. The molecule has 0 unspecified atom stereocenters. The Morgan fingerprint density at radius 2 is 2.12 bits per heavy atom. The van der Waals surface area contributed by atoms with E-state index in [-0.39, 0.29) is 6.61 Å². The van der Waals surface area contributed by atoms with Gasteiger partial charge in [-0.1, -0.05) is 19.9 Å². The zero-order valence-electron chi connectivity index (χ0n) is 14.8. The summed E-state index contributed by atoms with van der Waals surface area (Å²) in [5.41, 5.74) is 2.10. The van der Waals surface area contributed by atoms with Crippen molar-refractivity contribution in [3.63, 3.8) is 0 Å². The minimum Gasteiger partial charge on any atom is -0.462 e. The SMILES string of the molecule is CCOC(=O)c1c(C(C)(C)c2ccnc(F)c2)[nH]c2cc(C#N)ccc12. The second-order valence-electron chi connectivity index (χ2n) is 6.46. The van der Waals surface area contributed by atoms with Crippen molar-refractivity contribution in [2.45, 2.75) is 26.2 Å². The first-order valence-corrected chi connectivity index (χ1v) is 8.24. The number of carbonyl (C=O) groups is 1. The highest BCUT2D eigenvalue weighted by atomic mass is 19.1. The number of pyridine rings is 1. The van der Waals surface area contributed by atoms with Gasteiger partial charge in [0.05, 0.1) is 23.8 Å². The van der Waals surface area contributed by atoms with Crippen LogP contribution in [0, 0.1) is 17.3 Å². The number of hydrogen-bond donors (Lipinski definition) is 1. The van der Waals surface area contributed by atoms with E-state index < -0.39 is 17.3 Å². The topological polar surface area (TPSA) is 78.8 Å². The van der Waals surface area contributed by atoms with E-state index in [1.54, 1.807) is 31.2 Å². The molecule has 0 radical (unpaired) electrons. The van der Waals surface area contributed by atoms with Crippen molar-refractivity contribution in [1.29, 1.82) is 5.26 Å². The maximum absolute atomic E-state index is 13.6. The number of halogens is 1. The van der Waals surface area contributed by atoms with Gasteiger partial charge in [0, 0.05) is 28.2 Å². The quantitative estimate of drug-likeness (QED) is 0.567. The first kappa shape index (κ1) is 17.6. The van der Waals surface area contributed by atoms with E-state index in [1.165, 1.54) is 12.3 Å². The molecule has 5 nitrogen and oxygen atoms in total. The van der Waals surface area contributed by atoms with E-state index >= 15 is 0 Å². The van der Waals surface area contributed by atoms with E-state index in [4.69, 9.17) is 10.00 Å². The smallest absolute Gasteiger partial charge is 0.340 e. The van der Waals surface area contributed by atoms with Crippen LogP contribution in [-0.2, 0) is 10.2 Å². The minimum absolute atomic E-state index is 0.242. The third kappa shape index (κ3) is 2.93. The molecule has 6 heteroatoms. The molecule has 0 aliphatic carbocycles. The number of rotatable bonds is 4. The van der Waals surface area contributed by atoms with Gasteiger partial charge < -0.3 is 9.72 Å². The fourth-order valence-electron chi connectivity index (χ4n) is 3.09. The number of nitrogens with one attached hydrogen (secondary N) is 1. The molecule has 3 aromatic rings. The van der Waals surface area contributed by atoms with Crippen LogP contribution in [0.1, 0.15) is 48.0 Å². The summed E-state index contributed by atoms with van der Waals surface area (Å²) in [4.78, 5) is 19.5. The van der Waals surface area contributed by atoms with Crippen LogP contribution in [0.2, 0.25) is 0 Å². The van der Waals surface area contributed by atoms with Gasteiger partial charge in [0.1, 0.15) is 0 Å². The Balaban J connectivity index is 2.28. The molecule has 1 aromatic carbocycles. The fourth-order valence-corrected chi connectivity index (χ4v) is 3.09. The number of aromatic amines is 1. The number of carbonyl (C=O) groups excluding carboxylic acids is 1. The maximum Gasteiger partial charge on any atom is 0.340 e. The predicted octanol–water partition coefficient (Wildman–Crippen LogP) is 4.08. The van der Waals surface area contributed by atoms with Crippen molar-refractivity contribution in [1.82, 2.24) is 9.97 Å². The first-order valence-electron chi connectivity index (χ1n) is 8.24. The Morgan fingerprint density at radius 3 is 2.77 bits per heavy atom. The van der Waals surface area contributed by atoms with Crippen LogP contribution in [0.5, 0.6) is 0 Å². The normalized spacial score (nSPS) is 11.3. The van der Waals surface area contributed by atoms with Crippen LogP contribution in [0.3, 0.4) is 0 Å². The number of esters is 1. The van der Waals surface area contributed by atoms with Crippen molar-refractivity contribution in [3.8, 4) is 6.07 Å². The third-order valence-electron chi connectivity index (χ3n) is 4.48. The van der Waals surface area contributed by atoms with Crippen LogP contribution >= 0.6 is 0 Å². The van der Waals surface area contributed by atoms with Gasteiger partial charge in [-0.05, 0) is 36.8 Å². The summed E-state index contributed by atoms with van der Waals surface area (Å²) in [7, 11) is 0. The van der Waals surface area contributed by atoms with E-state index in [2.05, 4.69) is 16.0 Å². The highest BCUT2D eigenvalue weighted by molar-refractivity contribution is 6.06. The lowest BCUT2D eigenvalue weighted by Gasteiger charge is -2.25. The lowest BCUT2D eigenvalue weighted by molar-refractivity contribution is 0.0526. The van der Waals surface area contributed by atoms with Gasteiger partial charge in [0.15, 0.2) is 0 Å². The molecule has 2 heterocycles. The molecule has 0 amide bonds. The Morgan fingerprint density at radius 1 is 1.35 bits per heavy atom. The van der Waals surface area contributed by atoms with Crippen LogP contribution in [0.25, 0.3) is 10.9 Å². The molecule has 26 heavy (non-hydrogen) atoms. The second kappa shape index (κ2) is 6.60. The van der Waals surface area contributed by atoms with Gasteiger partial charge in [-0.25, -0.2) is 9.78 Å². The molecule has 0 aliphatic rings. The van der Waals surface area contributed by atoms with Gasteiger partial charge in [-0.2, -0.15) is 9.65 Å². The second-order valence-corrected chi connectivity index (χ2v) is 6.46. The molecule has 1 N–H and O–H groups in total. The van der Waals surface area contributed by atoms with E-state index in [1.807, 2.05) is 13.8 Å². The highest BCUT2D eigenvalue weighted by Crippen LogP contribution is 2.37. The number of benzene rings is 1. The van der Waals surface area contributed by atoms with Crippen molar-refractivity contribution in [3.05, 3.63) is 64.9 Å². The standard InChI is InChI=1S/C20H18FN3O2/c1-4-26-19(25)17-14-6-5-12(11-22)9-15(14)24-18(17)20(2,3)13-7-8-23-16(21)10-13/h5-10,24H,4H2,1-3H3. The molecule has 2 aromatic heterocycles. The molecule has 0 aliphatic heterocycles. The monoisotopic (exact) mass is 351 g/mol. The van der Waals surface area contributed by atoms with E-state index in [9.17, 15) is 9.18 Å². The van der Waals surface area contributed by atoms with Gasteiger partial charge in [0.25, 0.3) is 0 Å². The molecule has 0 spiro atoms. The van der Waals surface area contributed by atoms with Gasteiger partial charge in [-0.3, -0.25) is 0 Å². The van der Waals surface area contributed by atoms with E-state index in [0.717, 1.165) is 0 Å². The van der Waals surface area contributed by atoms with Crippen LogP contribution in [0.15, 0.2) is 36.5 Å². The molecule has 3 rings (SSSR count). The molecule has 0 saturated heterocycles. The van der Waals surface area contributed by atoms with Crippen LogP contribution in [-0.4, -0.2) is 22.5 Å². The number of nitrogens with zero attached hydrogens (tertiary/aromatic N) is 2. The summed E-state index contributed by atoms with van der Waals surface area (Å²) < 4.78 is 18.9. The Hall–Kier alpha value is -3.20. The zero-order valence-corrected chi connectivity index (χ0v) is 14.8. The average Bonchev–Trinajstić information content (AvgIpc) is 3.01. The Bertz CT molecular complexity index is 1030. The van der Waals surface area contributed by atoms with Gasteiger partial charge in [0.2, 0.25) is 5.95 Å². The van der Waals surface area contributed by atoms with Crippen molar-refractivity contribution < 1.29 is 13.9 Å². The molecular formula is C20H18FN3O2. The highest BCUT2D eigenvalue weighted by Gasteiger charge is 2.32. The summed E-state index contributed by atoms with van der Waals surface area (Å²) in [5, 5.41) is 9.80. The average molecular weight is 351 g/mol. The van der Waals surface area contributed by atoms with Gasteiger partial charge >= 0.3 is 5.97 Å². The lowest BCUT2D eigenvalue weighted by Crippen LogP contribution is -2.23. The third-order valence-corrected chi connectivity index (χ3v) is 4.48. The molecule has 0 saturated carbocycles. The minimum atomic E-state index is -0.711. The molecule has 0 fully saturated rings. The van der Waals surface area contributed by atoms with Crippen molar-refractivity contribution in [2.75, 3.05) is 6.61 Å². The van der Waals surface area contributed by atoms with Crippen molar-refractivity contribution >= 4 is 16.9 Å². The Labute approximate surface area is 150 Å². The molecule has 0 bridgehead atoms. The van der Waals surface area contributed by atoms with Crippen LogP contribution in [0.4, 0.5) is 4.39 Å². The summed E-state index contributed by atoms with van der Waals surface area (Å²) in [6.07, 6.45) is 1.40. The summed E-state index contributed by atoms with van der Waals surface area (Å²) >= 11 is 0. The maximum atomic E-state index is 13.6. The molecular weight excluding hydrogens is 333 g/mol. The first-order chi connectivity index (χ1) is 12.4. The van der Waals surface area contributed by atoms with E-state index in [0.29, 0.717) is 33.3 Å². The number of H-pyrrole nitrogens is 1. The number of hydrogen-bond acceptors (Lipinski definition) is 4. The summed E-state index contributed by atoms with van der Waals surface area (Å²) in [5.74, 6) is -1.04. The largest absolute Gasteiger partial charge is 0.462 e. The summed E-state index contributed by atoms with van der Waals surface area (Å²) in [6.45, 7) is 5.76. The summed E-state index contributed by atoms with van der Waals surface area (Å²) in [6, 6.07) is 10.2. The van der Waals surface area contributed by atoms with Crippen molar-refractivity contribution in [2.24, 2.45) is 0 Å².